The molecule has 0 saturated heterocycles. The minimum Gasteiger partial charge on any atom is -0.496 e. The van der Waals surface area contributed by atoms with Crippen LogP contribution in [0.25, 0.3) is 33.1 Å². The molecule has 134 valence electrons. The summed E-state index contributed by atoms with van der Waals surface area (Å²) >= 11 is 0. The molecule has 0 atom stereocenters. The number of methoxy groups -OCH3 is 1. The molecule has 3 aromatic heterocycles. The standard InChI is InChI=1S/C19H20N4O3/c1-5-6-15-21-18-17(19(24)22-15)11-8-14(25-4)12(7-13(11)20-18)16-9(2)23-26-10(16)3/h7-8H,5-6H2,1-4H3,(H2,20,21,22,24). The summed E-state index contributed by atoms with van der Waals surface area (Å²) in [4.78, 5) is 12.1. The molecule has 0 aliphatic carbocycles. The predicted molar refractivity (Wildman–Crippen MR) is 98.6 cm³/mol. The van der Waals surface area contributed by atoms with E-state index in [1.165, 1.54) is 0 Å². The van der Waals surface area contributed by atoms with Crippen LogP contribution in [0.15, 0.2) is 16.7 Å². The maximum atomic E-state index is 10.4. The number of hydrogen-bond acceptors (Lipinski definition) is 6. The number of ether oxygens (including phenoxy) is 1. The molecule has 2 N–H and O–H groups in total. The van der Waals surface area contributed by atoms with Crippen molar-refractivity contribution in [2.45, 2.75) is 33.6 Å². The Morgan fingerprint density at radius 3 is 2.69 bits per heavy atom. The van der Waals surface area contributed by atoms with Gasteiger partial charge >= 0.3 is 0 Å². The van der Waals surface area contributed by atoms with Gasteiger partial charge < -0.3 is 19.4 Å². The monoisotopic (exact) mass is 352 g/mol. The van der Waals surface area contributed by atoms with E-state index in [4.69, 9.17) is 9.26 Å². The van der Waals surface area contributed by atoms with E-state index in [1.807, 2.05) is 26.0 Å². The normalized spacial score (nSPS) is 11.5. The van der Waals surface area contributed by atoms with Gasteiger partial charge in [0.15, 0.2) is 0 Å². The Labute approximate surface area is 150 Å². The Morgan fingerprint density at radius 2 is 2.04 bits per heavy atom. The third-order valence-corrected chi connectivity index (χ3v) is 4.57. The molecule has 0 amide bonds. The second-order valence-corrected chi connectivity index (χ2v) is 6.36. The summed E-state index contributed by atoms with van der Waals surface area (Å²) in [5.41, 5.74) is 4.04. The van der Waals surface area contributed by atoms with Crippen molar-refractivity contribution in [1.82, 2.24) is 20.1 Å². The van der Waals surface area contributed by atoms with Crippen molar-refractivity contribution >= 4 is 21.9 Å². The Morgan fingerprint density at radius 1 is 1.23 bits per heavy atom. The Kier molecular flexibility index (Phi) is 3.79. The van der Waals surface area contributed by atoms with Crippen molar-refractivity contribution in [2.75, 3.05) is 7.11 Å². The first-order valence-corrected chi connectivity index (χ1v) is 8.56. The van der Waals surface area contributed by atoms with Gasteiger partial charge in [-0.2, -0.15) is 4.98 Å². The molecular formula is C19H20N4O3. The topological polar surface area (TPSA) is 97.1 Å². The van der Waals surface area contributed by atoms with Gasteiger partial charge in [-0.05, 0) is 32.4 Å². The van der Waals surface area contributed by atoms with Crippen LogP contribution in [0.3, 0.4) is 0 Å². The largest absolute Gasteiger partial charge is 0.496 e. The van der Waals surface area contributed by atoms with Crippen molar-refractivity contribution < 1.29 is 14.4 Å². The molecule has 1 aromatic carbocycles. The molecule has 7 heteroatoms. The van der Waals surface area contributed by atoms with E-state index in [0.717, 1.165) is 39.9 Å². The molecule has 0 radical (unpaired) electrons. The molecule has 0 unspecified atom stereocenters. The number of aromatic amines is 1. The van der Waals surface area contributed by atoms with Crippen LogP contribution in [0.4, 0.5) is 0 Å². The molecule has 4 aromatic rings. The first kappa shape index (κ1) is 16.4. The van der Waals surface area contributed by atoms with E-state index in [0.29, 0.717) is 29.0 Å². The van der Waals surface area contributed by atoms with Gasteiger partial charge in [0, 0.05) is 22.9 Å². The van der Waals surface area contributed by atoms with E-state index >= 15 is 0 Å². The summed E-state index contributed by atoms with van der Waals surface area (Å²) < 4.78 is 10.9. The number of aryl methyl sites for hydroxylation is 3. The van der Waals surface area contributed by atoms with Crippen LogP contribution in [0.1, 0.15) is 30.6 Å². The molecule has 7 nitrogen and oxygen atoms in total. The van der Waals surface area contributed by atoms with Crippen molar-refractivity contribution in [3.63, 3.8) is 0 Å². The lowest BCUT2D eigenvalue weighted by atomic mass is 10.0. The molecule has 26 heavy (non-hydrogen) atoms. The molecule has 0 aliphatic heterocycles. The van der Waals surface area contributed by atoms with Crippen LogP contribution in [-0.4, -0.2) is 32.3 Å². The van der Waals surface area contributed by atoms with Crippen LogP contribution in [0, 0.1) is 13.8 Å². The predicted octanol–water partition coefficient (Wildman–Crippen LogP) is 4.05. The second-order valence-electron chi connectivity index (χ2n) is 6.36. The summed E-state index contributed by atoms with van der Waals surface area (Å²) in [5.74, 6) is 2.01. The molecule has 3 heterocycles. The highest BCUT2D eigenvalue weighted by atomic mass is 16.5. The highest BCUT2D eigenvalue weighted by molar-refractivity contribution is 6.10. The number of nitrogens with one attached hydrogen (secondary N) is 1. The van der Waals surface area contributed by atoms with E-state index in [2.05, 4.69) is 27.0 Å². The van der Waals surface area contributed by atoms with Crippen LogP contribution < -0.4 is 4.74 Å². The first-order valence-electron chi connectivity index (χ1n) is 8.56. The lowest BCUT2D eigenvalue weighted by Gasteiger charge is -2.09. The van der Waals surface area contributed by atoms with Gasteiger partial charge in [-0.25, -0.2) is 4.98 Å². The Balaban J connectivity index is 2.02. The smallest absolute Gasteiger partial charge is 0.224 e. The van der Waals surface area contributed by atoms with Crippen molar-refractivity contribution in [3.8, 4) is 22.8 Å². The van der Waals surface area contributed by atoms with Crippen molar-refractivity contribution in [1.29, 1.82) is 0 Å². The van der Waals surface area contributed by atoms with Gasteiger partial charge in [0.25, 0.3) is 0 Å². The highest BCUT2D eigenvalue weighted by Gasteiger charge is 2.20. The fraction of sp³-hybridized carbons (Fsp3) is 0.316. The minimum atomic E-state index is -0.0168. The number of aromatic nitrogens is 4. The average molecular weight is 352 g/mol. The summed E-state index contributed by atoms with van der Waals surface area (Å²) in [5, 5.41) is 15.9. The number of rotatable bonds is 4. The van der Waals surface area contributed by atoms with Crippen LogP contribution in [-0.2, 0) is 6.42 Å². The van der Waals surface area contributed by atoms with E-state index < -0.39 is 0 Å². The average Bonchev–Trinajstić information content (AvgIpc) is 3.13. The number of H-pyrrole nitrogens is 1. The number of hydrogen-bond donors (Lipinski definition) is 2. The highest BCUT2D eigenvalue weighted by Crippen LogP contribution is 2.40. The van der Waals surface area contributed by atoms with Gasteiger partial charge in [0.1, 0.15) is 23.0 Å². The number of benzene rings is 1. The molecule has 0 aliphatic rings. The summed E-state index contributed by atoms with van der Waals surface area (Å²) in [6.07, 6.45) is 1.63. The number of nitrogens with zero attached hydrogens (tertiary/aromatic N) is 3. The molecule has 4 rings (SSSR count). The third kappa shape index (κ3) is 2.39. The maximum absolute atomic E-state index is 10.4. The number of fused-ring (bicyclic) bond motifs is 3. The van der Waals surface area contributed by atoms with Gasteiger partial charge in [-0.1, -0.05) is 12.1 Å². The van der Waals surface area contributed by atoms with Crippen molar-refractivity contribution in [3.05, 3.63) is 29.4 Å². The van der Waals surface area contributed by atoms with Crippen molar-refractivity contribution in [2.24, 2.45) is 0 Å². The number of aromatic hydroxyl groups is 1. The minimum absolute atomic E-state index is 0.0168. The van der Waals surface area contributed by atoms with Gasteiger partial charge in [0.05, 0.1) is 23.8 Å². The fourth-order valence-corrected chi connectivity index (χ4v) is 3.42. The molecule has 0 bridgehead atoms. The zero-order valence-electron chi connectivity index (χ0n) is 15.2. The van der Waals surface area contributed by atoms with Gasteiger partial charge in [-0.15, -0.1) is 0 Å². The molecular weight excluding hydrogens is 332 g/mol. The lowest BCUT2D eigenvalue weighted by Crippen LogP contribution is -1.94. The molecule has 0 fully saturated rings. The quantitative estimate of drug-likeness (QED) is 0.575. The Bertz CT molecular complexity index is 1110. The van der Waals surface area contributed by atoms with Gasteiger partial charge in [0.2, 0.25) is 5.88 Å². The fourth-order valence-electron chi connectivity index (χ4n) is 3.42. The first-order chi connectivity index (χ1) is 12.5. The maximum Gasteiger partial charge on any atom is 0.224 e. The lowest BCUT2D eigenvalue weighted by molar-refractivity contribution is 0.393. The van der Waals surface area contributed by atoms with Gasteiger partial charge in [-0.3, -0.25) is 0 Å². The van der Waals surface area contributed by atoms with Crippen LogP contribution in [0.5, 0.6) is 11.6 Å². The third-order valence-electron chi connectivity index (χ3n) is 4.57. The van der Waals surface area contributed by atoms with Crippen LogP contribution in [0.2, 0.25) is 0 Å². The second kappa shape index (κ2) is 6.01. The molecule has 0 saturated carbocycles. The summed E-state index contributed by atoms with van der Waals surface area (Å²) in [6.45, 7) is 5.82. The zero-order valence-corrected chi connectivity index (χ0v) is 15.2. The SMILES string of the molecule is CCCc1nc(O)c2c(n1)[nH]c1cc(-c3c(C)noc3C)c(OC)cc12. The molecule has 0 spiro atoms. The summed E-state index contributed by atoms with van der Waals surface area (Å²) in [6, 6.07) is 3.86. The van der Waals surface area contributed by atoms with E-state index in [1.54, 1.807) is 7.11 Å². The Hall–Kier alpha value is -3.09. The van der Waals surface area contributed by atoms with E-state index in [-0.39, 0.29) is 5.88 Å². The zero-order chi connectivity index (χ0) is 18.4. The van der Waals surface area contributed by atoms with E-state index in [9.17, 15) is 5.11 Å². The van der Waals surface area contributed by atoms with Crippen LogP contribution >= 0.6 is 0 Å². The summed E-state index contributed by atoms with van der Waals surface area (Å²) in [7, 11) is 1.62.